The monoisotopic (exact) mass is 435 g/mol. The first-order chi connectivity index (χ1) is 14.5. The molecule has 0 aromatic heterocycles. The largest absolute Gasteiger partial charge is 0.497 e. The Labute approximate surface area is 184 Å². The second-order valence-corrected chi connectivity index (χ2v) is 8.17. The van der Waals surface area contributed by atoms with Gasteiger partial charge in [0.05, 0.1) is 18.6 Å². The number of nitrogens with zero attached hydrogens (tertiary/aromatic N) is 1. The molecule has 3 aromatic carbocycles. The van der Waals surface area contributed by atoms with Crippen LogP contribution in [0.4, 0.5) is 4.79 Å². The van der Waals surface area contributed by atoms with E-state index in [2.05, 4.69) is 0 Å². The van der Waals surface area contributed by atoms with E-state index in [0.29, 0.717) is 9.93 Å². The second kappa shape index (κ2) is 8.78. The number of methoxy groups -OCH3 is 1. The third-order valence-electron chi connectivity index (χ3n) is 4.76. The van der Waals surface area contributed by atoms with Crippen molar-refractivity contribution in [3.63, 3.8) is 0 Å². The summed E-state index contributed by atoms with van der Waals surface area (Å²) in [6.45, 7) is 0.238. The maximum absolute atomic E-state index is 12.7. The lowest BCUT2D eigenvalue weighted by atomic mass is 10.0. The van der Waals surface area contributed by atoms with Gasteiger partial charge in [-0.15, -0.1) is 0 Å². The highest BCUT2D eigenvalue weighted by molar-refractivity contribution is 8.18. The van der Waals surface area contributed by atoms with Gasteiger partial charge in [-0.1, -0.05) is 60.1 Å². The number of hydrogen-bond donors (Lipinski definition) is 0. The van der Waals surface area contributed by atoms with Gasteiger partial charge < -0.3 is 4.74 Å². The Morgan fingerprint density at radius 1 is 0.900 bits per heavy atom. The second-order valence-electron chi connectivity index (χ2n) is 6.74. The molecule has 1 saturated heterocycles. The molecule has 3 aromatic rings. The number of thioether (sulfide) groups is 1. The maximum Gasteiger partial charge on any atom is 0.293 e. The lowest BCUT2D eigenvalue weighted by Gasteiger charge is -2.12. The summed E-state index contributed by atoms with van der Waals surface area (Å²) < 4.78 is 5.14. The van der Waals surface area contributed by atoms with E-state index >= 15 is 0 Å². The Kier molecular flexibility index (Phi) is 5.93. The zero-order valence-corrected chi connectivity index (χ0v) is 17.7. The third-order valence-corrected chi connectivity index (χ3v) is 5.92. The fraction of sp³-hybridized carbons (Fsp3) is 0.0833. The van der Waals surface area contributed by atoms with Crippen molar-refractivity contribution >= 4 is 40.6 Å². The summed E-state index contributed by atoms with van der Waals surface area (Å²) in [4.78, 5) is 26.8. The Morgan fingerprint density at radius 2 is 1.50 bits per heavy atom. The van der Waals surface area contributed by atoms with E-state index in [-0.39, 0.29) is 17.7 Å². The molecule has 1 aliphatic rings. The average Bonchev–Trinajstić information content (AvgIpc) is 3.03. The lowest BCUT2D eigenvalue weighted by molar-refractivity contribution is -0.123. The summed E-state index contributed by atoms with van der Waals surface area (Å²) in [5.41, 5.74) is 3.84. The smallest absolute Gasteiger partial charge is 0.293 e. The van der Waals surface area contributed by atoms with Crippen LogP contribution in [-0.2, 0) is 11.3 Å². The summed E-state index contributed by atoms with van der Waals surface area (Å²) in [6, 6.07) is 22.8. The number of halogens is 1. The zero-order chi connectivity index (χ0) is 21.1. The lowest BCUT2D eigenvalue weighted by Crippen LogP contribution is -2.27. The molecule has 0 N–H and O–H groups in total. The summed E-state index contributed by atoms with van der Waals surface area (Å²) in [5.74, 6) is 0.456. The fourth-order valence-corrected chi connectivity index (χ4v) is 4.08. The Hall–Kier alpha value is -3.02. The van der Waals surface area contributed by atoms with Gasteiger partial charge in [-0.3, -0.25) is 14.5 Å². The van der Waals surface area contributed by atoms with Crippen molar-refractivity contribution < 1.29 is 14.3 Å². The Bertz CT molecular complexity index is 1110. The van der Waals surface area contributed by atoms with Crippen LogP contribution in [0.3, 0.4) is 0 Å². The van der Waals surface area contributed by atoms with Crippen LogP contribution in [0.5, 0.6) is 5.75 Å². The molecule has 0 bridgehead atoms. The first kappa shape index (κ1) is 20.3. The van der Waals surface area contributed by atoms with Crippen molar-refractivity contribution in [1.29, 1.82) is 0 Å². The zero-order valence-electron chi connectivity index (χ0n) is 16.2. The van der Waals surface area contributed by atoms with Crippen LogP contribution >= 0.6 is 23.4 Å². The van der Waals surface area contributed by atoms with Gasteiger partial charge in [-0.2, -0.15) is 0 Å². The molecule has 1 heterocycles. The topological polar surface area (TPSA) is 46.6 Å². The number of hydrogen-bond acceptors (Lipinski definition) is 4. The van der Waals surface area contributed by atoms with E-state index in [1.807, 2.05) is 72.8 Å². The molecule has 0 radical (unpaired) electrons. The van der Waals surface area contributed by atoms with Crippen LogP contribution in [0.2, 0.25) is 5.02 Å². The Morgan fingerprint density at radius 3 is 2.10 bits per heavy atom. The number of ether oxygens (including phenoxy) is 1. The fourth-order valence-electron chi connectivity index (χ4n) is 3.12. The quantitative estimate of drug-likeness (QED) is 0.444. The van der Waals surface area contributed by atoms with Crippen LogP contribution in [-0.4, -0.2) is 23.2 Å². The molecule has 0 atom stereocenters. The van der Waals surface area contributed by atoms with Crippen molar-refractivity contribution in [2.75, 3.05) is 7.11 Å². The van der Waals surface area contributed by atoms with Crippen molar-refractivity contribution in [3.8, 4) is 16.9 Å². The molecule has 1 aliphatic heterocycles. The predicted octanol–water partition coefficient (Wildman–Crippen LogP) is 6.25. The summed E-state index contributed by atoms with van der Waals surface area (Å²) in [7, 11) is 1.60. The Balaban J connectivity index is 1.49. The third kappa shape index (κ3) is 4.42. The van der Waals surface area contributed by atoms with E-state index in [4.69, 9.17) is 16.3 Å². The van der Waals surface area contributed by atoms with Crippen molar-refractivity contribution in [3.05, 3.63) is 93.9 Å². The van der Waals surface area contributed by atoms with Gasteiger partial charge in [0, 0.05) is 5.02 Å². The van der Waals surface area contributed by atoms with Gasteiger partial charge in [0.15, 0.2) is 0 Å². The highest BCUT2D eigenvalue weighted by Gasteiger charge is 2.34. The van der Waals surface area contributed by atoms with E-state index in [0.717, 1.165) is 39.8 Å². The van der Waals surface area contributed by atoms with Gasteiger partial charge in [0.1, 0.15) is 5.75 Å². The molecule has 4 nitrogen and oxygen atoms in total. The van der Waals surface area contributed by atoms with E-state index in [1.165, 1.54) is 4.90 Å². The standard InChI is InChI=1S/C24H18ClNO3S/c1-29-21-12-4-17(5-13-21)15-26-23(27)22(30-24(26)28)14-16-2-6-18(7-3-16)19-8-10-20(25)11-9-19/h2-14H,15H2,1H3/b22-14-. The van der Waals surface area contributed by atoms with Crippen LogP contribution in [0, 0.1) is 0 Å². The summed E-state index contributed by atoms with van der Waals surface area (Å²) in [6.07, 6.45) is 1.75. The summed E-state index contributed by atoms with van der Waals surface area (Å²) >= 11 is 6.91. The minimum absolute atomic E-state index is 0.238. The normalized spacial score (nSPS) is 15.1. The van der Waals surface area contributed by atoms with Gasteiger partial charge >= 0.3 is 0 Å². The number of benzene rings is 3. The van der Waals surface area contributed by atoms with Crippen molar-refractivity contribution in [2.45, 2.75) is 6.54 Å². The molecule has 6 heteroatoms. The number of imide groups is 1. The molecule has 4 rings (SSSR count). The van der Waals surface area contributed by atoms with Gasteiger partial charge in [-0.05, 0) is 64.4 Å². The number of amides is 2. The molecule has 0 saturated carbocycles. The highest BCUT2D eigenvalue weighted by atomic mass is 35.5. The predicted molar refractivity (Wildman–Crippen MR) is 121 cm³/mol. The van der Waals surface area contributed by atoms with E-state index < -0.39 is 0 Å². The number of carbonyl (C=O) groups excluding carboxylic acids is 2. The van der Waals surface area contributed by atoms with Crippen LogP contribution in [0.25, 0.3) is 17.2 Å². The molecule has 0 unspecified atom stereocenters. The SMILES string of the molecule is COc1ccc(CN2C(=O)S/C(=C\c3ccc(-c4ccc(Cl)cc4)cc3)C2=O)cc1. The molecular formula is C24H18ClNO3S. The molecule has 30 heavy (non-hydrogen) atoms. The summed E-state index contributed by atoms with van der Waals surface area (Å²) in [5, 5.41) is 0.431. The average molecular weight is 436 g/mol. The van der Waals surface area contributed by atoms with E-state index in [9.17, 15) is 9.59 Å². The first-order valence-electron chi connectivity index (χ1n) is 9.28. The van der Waals surface area contributed by atoms with Gasteiger partial charge in [-0.25, -0.2) is 0 Å². The highest BCUT2D eigenvalue weighted by Crippen LogP contribution is 2.34. The van der Waals surface area contributed by atoms with Crippen molar-refractivity contribution in [2.24, 2.45) is 0 Å². The molecule has 0 spiro atoms. The minimum Gasteiger partial charge on any atom is -0.497 e. The minimum atomic E-state index is -0.275. The molecular weight excluding hydrogens is 418 g/mol. The van der Waals surface area contributed by atoms with Crippen LogP contribution in [0.15, 0.2) is 77.7 Å². The van der Waals surface area contributed by atoms with Crippen LogP contribution in [0.1, 0.15) is 11.1 Å². The number of rotatable bonds is 5. The first-order valence-corrected chi connectivity index (χ1v) is 10.5. The van der Waals surface area contributed by atoms with E-state index in [1.54, 1.807) is 13.2 Å². The maximum atomic E-state index is 12.7. The molecule has 2 amide bonds. The van der Waals surface area contributed by atoms with Gasteiger partial charge in [0.2, 0.25) is 0 Å². The van der Waals surface area contributed by atoms with Crippen molar-refractivity contribution in [1.82, 2.24) is 4.90 Å². The van der Waals surface area contributed by atoms with Gasteiger partial charge in [0.25, 0.3) is 11.1 Å². The molecule has 150 valence electrons. The van der Waals surface area contributed by atoms with Crippen LogP contribution < -0.4 is 4.74 Å². The number of carbonyl (C=O) groups is 2. The molecule has 1 fully saturated rings. The molecule has 0 aliphatic carbocycles.